The average molecular weight is 289 g/mol. The lowest BCUT2D eigenvalue weighted by Crippen LogP contribution is -2.41. The van der Waals surface area contributed by atoms with Crippen LogP contribution in [0.15, 0.2) is 24.3 Å². The summed E-state index contributed by atoms with van der Waals surface area (Å²) in [7, 11) is 3.18. The molecule has 1 saturated heterocycles. The summed E-state index contributed by atoms with van der Waals surface area (Å²) < 4.78 is 0. The second kappa shape index (κ2) is 5.55. The van der Waals surface area contributed by atoms with Crippen molar-refractivity contribution in [3.63, 3.8) is 0 Å². The molecule has 6 nitrogen and oxygen atoms in total. The number of rotatable bonds is 3. The number of urea groups is 1. The maximum atomic E-state index is 12.4. The molecule has 1 aliphatic rings. The van der Waals surface area contributed by atoms with Crippen LogP contribution in [0.1, 0.15) is 12.5 Å². The molecule has 1 aromatic rings. The van der Waals surface area contributed by atoms with E-state index in [1.54, 1.807) is 33.2 Å². The third-order valence-corrected chi connectivity index (χ3v) is 3.55. The van der Waals surface area contributed by atoms with Gasteiger partial charge in [0.25, 0.3) is 5.91 Å². The fraction of sp³-hybridized carbons (Fsp3) is 0.400. The Kier molecular flexibility index (Phi) is 3.97. The number of carbonyl (C=O) groups is 3. The molecule has 1 heterocycles. The van der Waals surface area contributed by atoms with Crippen LogP contribution in [0.2, 0.25) is 0 Å². The van der Waals surface area contributed by atoms with Crippen molar-refractivity contribution in [1.29, 1.82) is 0 Å². The van der Waals surface area contributed by atoms with E-state index in [1.807, 2.05) is 19.1 Å². The van der Waals surface area contributed by atoms with Crippen molar-refractivity contribution in [3.8, 4) is 0 Å². The SMILES string of the molecule is Cc1ccc(N2C(=O)N(CC(=O)N(C)C)C(=O)[C@H]2C)cc1. The van der Waals surface area contributed by atoms with Gasteiger partial charge < -0.3 is 4.90 Å². The van der Waals surface area contributed by atoms with Crippen LogP contribution in [0.3, 0.4) is 0 Å². The number of amides is 4. The van der Waals surface area contributed by atoms with E-state index < -0.39 is 12.1 Å². The fourth-order valence-electron chi connectivity index (χ4n) is 2.19. The molecule has 2 rings (SSSR count). The highest BCUT2D eigenvalue weighted by Gasteiger charge is 2.44. The normalized spacial score (nSPS) is 18.4. The molecule has 0 bridgehead atoms. The van der Waals surface area contributed by atoms with Crippen molar-refractivity contribution in [2.75, 3.05) is 25.5 Å². The summed E-state index contributed by atoms with van der Waals surface area (Å²) in [4.78, 5) is 40.2. The Morgan fingerprint density at radius 3 is 2.29 bits per heavy atom. The Hall–Kier alpha value is -2.37. The molecule has 0 unspecified atom stereocenters. The average Bonchev–Trinajstić information content (AvgIpc) is 2.64. The van der Waals surface area contributed by atoms with E-state index in [1.165, 1.54) is 9.80 Å². The molecule has 0 saturated carbocycles. The van der Waals surface area contributed by atoms with Gasteiger partial charge in [-0.15, -0.1) is 0 Å². The van der Waals surface area contributed by atoms with Gasteiger partial charge >= 0.3 is 6.03 Å². The van der Waals surface area contributed by atoms with Gasteiger partial charge in [-0.1, -0.05) is 17.7 Å². The third kappa shape index (κ3) is 2.74. The summed E-state index contributed by atoms with van der Waals surface area (Å²) in [5.41, 5.74) is 1.73. The molecule has 6 heteroatoms. The zero-order valence-electron chi connectivity index (χ0n) is 12.7. The topological polar surface area (TPSA) is 60.9 Å². The number of imide groups is 1. The van der Waals surface area contributed by atoms with Crippen molar-refractivity contribution < 1.29 is 14.4 Å². The van der Waals surface area contributed by atoms with Crippen LogP contribution in [0.4, 0.5) is 10.5 Å². The first-order valence-corrected chi connectivity index (χ1v) is 6.74. The van der Waals surface area contributed by atoms with E-state index in [-0.39, 0.29) is 18.4 Å². The molecule has 1 aliphatic heterocycles. The molecule has 0 N–H and O–H groups in total. The van der Waals surface area contributed by atoms with Crippen LogP contribution in [0.5, 0.6) is 0 Å². The predicted octanol–water partition coefficient (Wildman–Crippen LogP) is 1.24. The molecule has 21 heavy (non-hydrogen) atoms. The number of hydrogen-bond acceptors (Lipinski definition) is 3. The number of likely N-dealkylation sites (N-methyl/N-ethyl adjacent to an activating group) is 1. The van der Waals surface area contributed by atoms with Crippen LogP contribution in [-0.2, 0) is 9.59 Å². The molecule has 1 atom stereocenters. The van der Waals surface area contributed by atoms with Gasteiger partial charge in [0.15, 0.2) is 0 Å². The Morgan fingerprint density at radius 2 is 1.76 bits per heavy atom. The highest BCUT2D eigenvalue weighted by molar-refractivity contribution is 6.15. The number of hydrogen-bond donors (Lipinski definition) is 0. The van der Waals surface area contributed by atoms with E-state index in [0.29, 0.717) is 5.69 Å². The van der Waals surface area contributed by atoms with Gasteiger partial charge in [-0.25, -0.2) is 4.79 Å². The first-order valence-electron chi connectivity index (χ1n) is 6.74. The molecule has 0 aliphatic carbocycles. The van der Waals surface area contributed by atoms with Gasteiger partial charge in [0.2, 0.25) is 5.91 Å². The van der Waals surface area contributed by atoms with Crippen molar-refractivity contribution in [2.45, 2.75) is 19.9 Å². The Morgan fingerprint density at radius 1 is 1.19 bits per heavy atom. The standard InChI is InChI=1S/C15H19N3O3/c1-10-5-7-12(8-6-10)18-11(2)14(20)17(15(18)21)9-13(19)16(3)4/h5-8,11H,9H2,1-4H3/t11-/m1/s1. The van der Waals surface area contributed by atoms with Crippen molar-refractivity contribution in [3.05, 3.63) is 29.8 Å². The Balaban J connectivity index is 2.26. The molecular formula is C15H19N3O3. The Labute approximate surface area is 123 Å². The molecule has 0 aromatic heterocycles. The van der Waals surface area contributed by atoms with Gasteiger partial charge in [0.05, 0.1) is 0 Å². The number of benzene rings is 1. The quantitative estimate of drug-likeness (QED) is 0.787. The van der Waals surface area contributed by atoms with Crippen molar-refractivity contribution >= 4 is 23.5 Å². The number of aryl methyl sites for hydroxylation is 1. The lowest BCUT2D eigenvalue weighted by atomic mass is 10.2. The molecule has 1 fully saturated rings. The van der Waals surface area contributed by atoms with Crippen LogP contribution in [0.25, 0.3) is 0 Å². The van der Waals surface area contributed by atoms with Gasteiger partial charge in [-0.3, -0.25) is 19.4 Å². The van der Waals surface area contributed by atoms with Gasteiger partial charge in [0.1, 0.15) is 12.6 Å². The van der Waals surface area contributed by atoms with Gasteiger partial charge in [-0.05, 0) is 26.0 Å². The summed E-state index contributed by atoms with van der Waals surface area (Å²) in [5, 5.41) is 0. The van der Waals surface area contributed by atoms with Crippen LogP contribution >= 0.6 is 0 Å². The summed E-state index contributed by atoms with van der Waals surface area (Å²) in [6, 6.07) is 6.31. The zero-order valence-corrected chi connectivity index (χ0v) is 12.7. The summed E-state index contributed by atoms with van der Waals surface area (Å²) >= 11 is 0. The number of carbonyl (C=O) groups excluding carboxylic acids is 3. The monoisotopic (exact) mass is 289 g/mol. The van der Waals surface area contributed by atoms with E-state index in [0.717, 1.165) is 10.5 Å². The van der Waals surface area contributed by atoms with E-state index in [2.05, 4.69) is 0 Å². The lowest BCUT2D eigenvalue weighted by molar-refractivity contribution is -0.135. The van der Waals surface area contributed by atoms with E-state index in [9.17, 15) is 14.4 Å². The number of anilines is 1. The maximum absolute atomic E-state index is 12.4. The minimum atomic E-state index is -0.602. The molecule has 4 amide bonds. The zero-order chi connectivity index (χ0) is 15.7. The molecular weight excluding hydrogens is 270 g/mol. The van der Waals surface area contributed by atoms with Crippen LogP contribution in [0, 0.1) is 6.92 Å². The summed E-state index contributed by atoms with van der Waals surface area (Å²) in [6.07, 6.45) is 0. The largest absolute Gasteiger partial charge is 0.347 e. The Bertz CT molecular complexity index is 580. The summed E-state index contributed by atoms with van der Waals surface area (Å²) in [5.74, 6) is -0.634. The van der Waals surface area contributed by atoms with Gasteiger partial charge in [0, 0.05) is 19.8 Å². The minimum Gasteiger partial charge on any atom is -0.347 e. The molecule has 0 radical (unpaired) electrons. The maximum Gasteiger partial charge on any atom is 0.332 e. The predicted molar refractivity (Wildman–Crippen MR) is 78.9 cm³/mol. The van der Waals surface area contributed by atoms with Crippen molar-refractivity contribution in [1.82, 2.24) is 9.80 Å². The highest BCUT2D eigenvalue weighted by Crippen LogP contribution is 2.25. The highest BCUT2D eigenvalue weighted by atomic mass is 16.2. The molecule has 112 valence electrons. The second-order valence-electron chi connectivity index (χ2n) is 5.38. The van der Waals surface area contributed by atoms with E-state index in [4.69, 9.17) is 0 Å². The summed E-state index contributed by atoms with van der Waals surface area (Å²) in [6.45, 7) is 3.39. The third-order valence-electron chi connectivity index (χ3n) is 3.55. The smallest absolute Gasteiger partial charge is 0.332 e. The van der Waals surface area contributed by atoms with Crippen LogP contribution in [-0.4, -0.2) is 54.3 Å². The fourth-order valence-corrected chi connectivity index (χ4v) is 2.19. The molecule has 1 aromatic carbocycles. The lowest BCUT2D eigenvalue weighted by Gasteiger charge is -2.20. The second-order valence-corrected chi connectivity index (χ2v) is 5.38. The van der Waals surface area contributed by atoms with E-state index >= 15 is 0 Å². The molecule has 0 spiro atoms. The van der Waals surface area contributed by atoms with Crippen LogP contribution < -0.4 is 4.90 Å². The first kappa shape index (κ1) is 15.0. The first-order chi connectivity index (χ1) is 9.82. The number of nitrogens with zero attached hydrogens (tertiary/aromatic N) is 3. The van der Waals surface area contributed by atoms with Crippen molar-refractivity contribution in [2.24, 2.45) is 0 Å². The van der Waals surface area contributed by atoms with Gasteiger partial charge in [-0.2, -0.15) is 0 Å². The minimum absolute atomic E-state index is 0.225.